The fourth-order valence-corrected chi connectivity index (χ4v) is 6.19. The van der Waals surface area contributed by atoms with E-state index in [0.29, 0.717) is 12.0 Å². The molecule has 1 aliphatic carbocycles. The zero-order chi connectivity index (χ0) is 15.0. The zero-order valence-corrected chi connectivity index (χ0v) is 17.9. The molecule has 2 atom stereocenters. The molecule has 134 valence electrons. The Morgan fingerprint density at radius 3 is 2.09 bits per heavy atom. The molecule has 0 aromatic carbocycles. The third-order valence-corrected chi connectivity index (χ3v) is 7.19. The first-order valence-electron chi connectivity index (χ1n) is 7.86. The maximum atomic E-state index is 9.52. The van der Waals surface area contributed by atoms with Gasteiger partial charge in [-0.1, -0.05) is 12.8 Å². The predicted octanol–water partition coefficient (Wildman–Crippen LogP) is 4.90. The molecule has 2 saturated heterocycles. The number of hydrogen-bond acceptors (Lipinski definition) is 3. The van der Waals surface area contributed by atoms with Gasteiger partial charge in [0.05, 0.1) is 11.2 Å². The Hall–Kier alpha value is 1.30. The lowest BCUT2D eigenvalue weighted by molar-refractivity contribution is 0.0201. The maximum Gasteiger partial charge on any atom is 0.207 e. The Labute approximate surface area is 156 Å². The van der Waals surface area contributed by atoms with Gasteiger partial charge in [0.25, 0.3) is 0 Å². The Morgan fingerprint density at radius 2 is 1.68 bits per heavy atom. The quantitative estimate of drug-likeness (QED) is 0.647. The van der Waals surface area contributed by atoms with Gasteiger partial charge >= 0.3 is 0 Å². The summed E-state index contributed by atoms with van der Waals surface area (Å²) in [7, 11) is -0.788. The first-order valence-corrected chi connectivity index (χ1v) is 9.97. The van der Waals surface area contributed by atoms with Gasteiger partial charge in [0, 0.05) is 12.6 Å². The zero-order valence-electron chi connectivity index (χ0n) is 14.2. The van der Waals surface area contributed by atoms with Gasteiger partial charge in [-0.2, -0.15) is 27.0 Å². The summed E-state index contributed by atoms with van der Waals surface area (Å²) < 4.78 is 7.99. The summed E-state index contributed by atoms with van der Waals surface area (Å²) in [6.07, 6.45) is 7.61. The Balaban J connectivity index is 0.000000374. The van der Waals surface area contributed by atoms with Gasteiger partial charge in [0.1, 0.15) is 0 Å². The van der Waals surface area contributed by atoms with Crippen LogP contribution in [0.2, 0.25) is 0 Å². The summed E-state index contributed by atoms with van der Waals surface area (Å²) in [5.74, 6) is 0.567. The predicted molar refractivity (Wildman–Crippen MR) is 107 cm³/mol. The minimum atomic E-state index is -0.788. The maximum absolute atomic E-state index is 9.52. The topological polar surface area (TPSA) is 32.7 Å². The largest absolute Gasteiger partial charge is 0.390 e. The van der Waals surface area contributed by atoms with E-state index in [9.17, 15) is 5.11 Å². The molecule has 3 fully saturated rings. The van der Waals surface area contributed by atoms with Crippen molar-refractivity contribution in [1.82, 2.24) is 4.67 Å². The van der Waals surface area contributed by atoms with Crippen LogP contribution in [0.25, 0.3) is 0 Å². The molecule has 0 aromatic heterocycles. The van der Waals surface area contributed by atoms with Crippen LogP contribution >= 0.6 is 45.9 Å². The van der Waals surface area contributed by atoms with Crippen LogP contribution in [0, 0.1) is 5.92 Å². The lowest BCUT2D eigenvalue weighted by atomic mass is 9.90. The van der Waals surface area contributed by atoms with E-state index in [1.165, 1.54) is 38.5 Å². The lowest BCUT2D eigenvalue weighted by Crippen LogP contribution is -2.35. The number of aliphatic hydroxyl groups is 1. The van der Waals surface area contributed by atoms with Crippen LogP contribution < -0.4 is 0 Å². The highest BCUT2D eigenvalue weighted by Crippen LogP contribution is 2.61. The van der Waals surface area contributed by atoms with Crippen molar-refractivity contribution in [3.8, 4) is 0 Å². The number of halogens is 1. The molecule has 0 radical (unpaired) electrons. The van der Waals surface area contributed by atoms with Gasteiger partial charge in [-0.25, -0.2) is 4.67 Å². The fourth-order valence-electron chi connectivity index (χ4n) is 3.59. The van der Waals surface area contributed by atoms with Crippen LogP contribution in [-0.4, -0.2) is 33.6 Å². The van der Waals surface area contributed by atoms with E-state index >= 15 is 0 Å². The van der Waals surface area contributed by atoms with Gasteiger partial charge in [-0.3, -0.25) is 0 Å². The van der Waals surface area contributed by atoms with Crippen molar-refractivity contribution in [1.29, 1.82) is 0 Å². The fraction of sp³-hybridized carbons (Fsp3) is 1.00. The molecule has 0 aromatic rings. The molecule has 3 aliphatic rings. The monoisotopic (exact) mass is 389 g/mol. The van der Waals surface area contributed by atoms with Crippen molar-refractivity contribution in [3.05, 3.63) is 0 Å². The summed E-state index contributed by atoms with van der Waals surface area (Å²) in [5.41, 5.74) is -0.430. The van der Waals surface area contributed by atoms with E-state index in [1.54, 1.807) is 0 Å². The molecular formula is C15H33ClNO2PS2. The summed E-state index contributed by atoms with van der Waals surface area (Å²) in [4.78, 5) is 0. The second-order valence-corrected chi connectivity index (χ2v) is 9.39. The van der Waals surface area contributed by atoms with Gasteiger partial charge in [-0.15, -0.1) is 0 Å². The Morgan fingerprint density at radius 1 is 1.14 bits per heavy atom. The molecule has 7 heteroatoms. The molecule has 3 nitrogen and oxygen atoms in total. The van der Waals surface area contributed by atoms with Crippen LogP contribution in [0.5, 0.6) is 0 Å². The van der Waals surface area contributed by atoms with Crippen molar-refractivity contribution >= 4 is 45.9 Å². The number of rotatable bonds is 1. The molecule has 1 unspecified atom stereocenters. The molecule has 2 heterocycles. The molecular weight excluding hydrogens is 357 g/mol. The first kappa shape index (κ1) is 23.3. The summed E-state index contributed by atoms with van der Waals surface area (Å²) >= 11 is 6.07. The highest BCUT2D eigenvalue weighted by Gasteiger charge is 2.49. The molecule has 1 N–H and O–H groups in total. The highest BCUT2D eigenvalue weighted by atomic mass is 35.7. The van der Waals surface area contributed by atoms with Gasteiger partial charge < -0.3 is 9.63 Å². The van der Waals surface area contributed by atoms with E-state index in [2.05, 4.69) is 18.5 Å². The standard InChI is InChI=1S/C8H16O.C7H13ClNOP.2H2S/c1-8(2,9)7-5-3-4-6-7;1-7(2)6-4-3-5-9(6)11(8)10-7;;/h7,9H,3-6H2,1-2H3;6H,3-5H2,1-2H3;2*1H2/t;6-,11?;;/m.0../s1. The van der Waals surface area contributed by atoms with E-state index in [4.69, 9.17) is 15.8 Å². The van der Waals surface area contributed by atoms with Gasteiger partial charge in [0.2, 0.25) is 7.65 Å². The van der Waals surface area contributed by atoms with Crippen molar-refractivity contribution in [3.63, 3.8) is 0 Å². The summed E-state index contributed by atoms with van der Waals surface area (Å²) in [6, 6.07) is 0.575. The molecule has 0 bridgehead atoms. The van der Waals surface area contributed by atoms with Crippen molar-refractivity contribution in [2.24, 2.45) is 5.92 Å². The van der Waals surface area contributed by atoms with Crippen LogP contribution in [0.4, 0.5) is 0 Å². The molecule has 0 spiro atoms. The molecule has 1 saturated carbocycles. The van der Waals surface area contributed by atoms with Gasteiger partial charge in [-0.05, 0) is 70.5 Å². The SMILES string of the molecule is CC(C)(O)C1CCCC1.CC1(C)OP(Cl)N2CCC[C@H]21.S.S. The summed E-state index contributed by atoms with van der Waals surface area (Å²) in [6.45, 7) is 9.25. The Kier molecular flexibility index (Phi) is 9.66. The van der Waals surface area contributed by atoms with E-state index < -0.39 is 13.3 Å². The minimum Gasteiger partial charge on any atom is -0.390 e. The average Bonchev–Trinajstić information content (AvgIpc) is 3.02. The van der Waals surface area contributed by atoms with E-state index in [-0.39, 0.29) is 32.6 Å². The number of nitrogens with zero attached hydrogens (tertiary/aromatic N) is 1. The third-order valence-electron chi connectivity index (χ3n) is 4.89. The summed E-state index contributed by atoms with van der Waals surface area (Å²) in [5, 5.41) is 9.52. The normalized spacial score (nSPS) is 30.8. The van der Waals surface area contributed by atoms with Crippen molar-refractivity contribution < 1.29 is 9.63 Å². The molecule has 0 amide bonds. The molecule has 22 heavy (non-hydrogen) atoms. The lowest BCUT2D eigenvalue weighted by Gasteiger charge is -2.24. The Bertz CT molecular complexity index is 336. The minimum absolute atomic E-state index is 0. The smallest absolute Gasteiger partial charge is 0.207 e. The highest BCUT2D eigenvalue weighted by molar-refractivity contribution is 7.78. The van der Waals surface area contributed by atoms with Gasteiger partial charge in [0.15, 0.2) is 0 Å². The van der Waals surface area contributed by atoms with Crippen molar-refractivity contribution in [2.75, 3.05) is 6.54 Å². The average molecular weight is 390 g/mol. The van der Waals surface area contributed by atoms with Crippen LogP contribution in [0.3, 0.4) is 0 Å². The second kappa shape index (κ2) is 9.12. The van der Waals surface area contributed by atoms with Crippen molar-refractivity contribution in [2.45, 2.75) is 83.5 Å². The number of fused-ring (bicyclic) bond motifs is 1. The first-order chi connectivity index (χ1) is 9.22. The molecule has 3 rings (SSSR count). The van der Waals surface area contributed by atoms with Crippen LogP contribution in [0.1, 0.15) is 66.2 Å². The third kappa shape index (κ3) is 5.68. The van der Waals surface area contributed by atoms with E-state index in [0.717, 1.165) is 6.54 Å². The van der Waals surface area contributed by atoms with Crippen LogP contribution in [0.15, 0.2) is 0 Å². The molecule has 2 aliphatic heterocycles. The second-order valence-electron chi connectivity index (χ2n) is 7.38. The van der Waals surface area contributed by atoms with E-state index in [1.807, 2.05) is 13.8 Å². The number of hydrogen-bond donors (Lipinski definition) is 1. The van der Waals surface area contributed by atoms with Crippen LogP contribution in [-0.2, 0) is 4.52 Å².